The van der Waals surface area contributed by atoms with Gasteiger partial charge in [-0.15, -0.1) is 0 Å². The molecule has 0 aliphatic rings. The first-order valence-electron chi connectivity index (χ1n) is 21.4. The Morgan fingerprint density at radius 1 is 0.302 bits per heavy atom. The summed E-state index contributed by atoms with van der Waals surface area (Å²) in [6, 6.07) is 81.6. The average molecular weight is 803 g/mol. The van der Waals surface area contributed by atoms with Crippen molar-refractivity contribution in [3.05, 3.63) is 231 Å². The molecule has 4 nitrogen and oxygen atoms in total. The number of hydrogen-bond acceptors (Lipinski definition) is 3. The highest BCUT2D eigenvalue weighted by molar-refractivity contribution is 6.21. The van der Waals surface area contributed by atoms with E-state index in [1.54, 1.807) is 0 Å². The maximum Gasteiger partial charge on any atom is 0.160 e. The Balaban J connectivity index is 1.00. The van der Waals surface area contributed by atoms with E-state index in [2.05, 4.69) is 199 Å². The molecule has 0 unspecified atom stereocenters. The number of aromatic nitrogens is 4. The van der Waals surface area contributed by atoms with Crippen LogP contribution in [0.3, 0.4) is 0 Å². The third-order valence-electron chi connectivity index (χ3n) is 12.2. The first kappa shape index (κ1) is 36.4. The summed E-state index contributed by atoms with van der Waals surface area (Å²) < 4.78 is 2.44. The van der Waals surface area contributed by atoms with Crippen LogP contribution in [0, 0.1) is 0 Å². The summed E-state index contributed by atoms with van der Waals surface area (Å²) in [5.41, 5.74) is 16.0. The number of fused-ring (bicyclic) bond motifs is 6. The molecule has 12 rings (SSSR count). The molecule has 4 heteroatoms. The molecule has 0 saturated heterocycles. The first-order chi connectivity index (χ1) is 31.2. The lowest BCUT2D eigenvalue weighted by Crippen LogP contribution is -1.96. The van der Waals surface area contributed by atoms with Gasteiger partial charge in [-0.05, 0) is 64.5 Å². The fraction of sp³-hybridized carbons (Fsp3) is 0. The standard InChI is InChI=1S/C59H38N4/c1-5-17-40(18-6-1)54-38-55(62-59(61-54)43-21-9-3-10-22-43)41-33-31-39(32-34-41)44-23-15-24-45(35-44)47-28-16-29-49-51-36-50-48-27-13-14-30-53(48)60-57(42-19-7-2-8-20-42)52(50)37-56(51)63(58(47)49)46-25-11-4-12-26-46/h1-38H. The van der Waals surface area contributed by atoms with Gasteiger partial charge < -0.3 is 4.57 Å². The summed E-state index contributed by atoms with van der Waals surface area (Å²) in [5.74, 6) is 0.709. The van der Waals surface area contributed by atoms with Crippen LogP contribution < -0.4 is 0 Å². The summed E-state index contributed by atoms with van der Waals surface area (Å²) in [5, 5.41) is 5.90. The van der Waals surface area contributed by atoms with E-state index < -0.39 is 0 Å². The van der Waals surface area contributed by atoms with Crippen LogP contribution in [0.5, 0.6) is 0 Å². The molecule has 0 aliphatic carbocycles. The summed E-state index contributed by atoms with van der Waals surface area (Å²) in [7, 11) is 0. The first-order valence-corrected chi connectivity index (χ1v) is 21.4. The van der Waals surface area contributed by atoms with Gasteiger partial charge in [-0.3, -0.25) is 0 Å². The highest BCUT2D eigenvalue weighted by atomic mass is 15.0. The van der Waals surface area contributed by atoms with E-state index in [4.69, 9.17) is 15.0 Å². The van der Waals surface area contributed by atoms with Crippen LogP contribution in [0.15, 0.2) is 231 Å². The minimum Gasteiger partial charge on any atom is -0.309 e. The zero-order valence-corrected chi connectivity index (χ0v) is 34.2. The van der Waals surface area contributed by atoms with Crippen molar-refractivity contribution in [3.8, 4) is 73.1 Å². The van der Waals surface area contributed by atoms with Crippen molar-refractivity contribution in [2.24, 2.45) is 0 Å². The average Bonchev–Trinajstić information content (AvgIpc) is 3.70. The molecule has 294 valence electrons. The van der Waals surface area contributed by atoms with Crippen LogP contribution in [0.1, 0.15) is 0 Å². The summed E-state index contributed by atoms with van der Waals surface area (Å²) in [6.07, 6.45) is 0. The number of pyridine rings is 1. The molecule has 0 spiro atoms. The van der Waals surface area contributed by atoms with Crippen LogP contribution >= 0.6 is 0 Å². The fourth-order valence-corrected chi connectivity index (χ4v) is 9.17. The maximum atomic E-state index is 5.28. The largest absolute Gasteiger partial charge is 0.309 e. The van der Waals surface area contributed by atoms with E-state index in [0.29, 0.717) is 5.82 Å². The number of para-hydroxylation sites is 3. The van der Waals surface area contributed by atoms with Crippen molar-refractivity contribution in [1.29, 1.82) is 0 Å². The van der Waals surface area contributed by atoms with Crippen molar-refractivity contribution in [1.82, 2.24) is 19.5 Å². The van der Waals surface area contributed by atoms with Gasteiger partial charge in [0, 0.05) is 55.0 Å². The van der Waals surface area contributed by atoms with Gasteiger partial charge in [-0.2, -0.15) is 0 Å². The molecular formula is C59H38N4. The zero-order chi connectivity index (χ0) is 41.7. The lowest BCUT2D eigenvalue weighted by Gasteiger charge is -2.14. The number of rotatable bonds is 7. The molecule has 3 heterocycles. The molecule has 0 saturated carbocycles. The van der Waals surface area contributed by atoms with Crippen molar-refractivity contribution in [2.45, 2.75) is 0 Å². The summed E-state index contributed by atoms with van der Waals surface area (Å²) >= 11 is 0. The van der Waals surface area contributed by atoms with E-state index in [1.807, 2.05) is 36.4 Å². The summed E-state index contributed by atoms with van der Waals surface area (Å²) in [4.78, 5) is 15.3. The second-order valence-electron chi connectivity index (χ2n) is 16.0. The predicted molar refractivity (Wildman–Crippen MR) is 262 cm³/mol. The topological polar surface area (TPSA) is 43.6 Å². The Kier molecular flexibility index (Phi) is 8.79. The normalized spacial score (nSPS) is 11.5. The van der Waals surface area contributed by atoms with E-state index in [0.717, 1.165) is 83.5 Å². The smallest absolute Gasteiger partial charge is 0.160 e. The molecule has 12 aromatic rings. The molecule has 0 aliphatic heterocycles. The molecule has 0 N–H and O–H groups in total. The van der Waals surface area contributed by atoms with Gasteiger partial charge in [0.1, 0.15) is 0 Å². The minimum absolute atomic E-state index is 0.709. The second-order valence-corrected chi connectivity index (χ2v) is 16.0. The van der Waals surface area contributed by atoms with Crippen LogP contribution in [-0.4, -0.2) is 19.5 Å². The van der Waals surface area contributed by atoms with Gasteiger partial charge in [-0.1, -0.05) is 188 Å². The molecule has 0 amide bonds. The lowest BCUT2D eigenvalue weighted by molar-refractivity contribution is 1.18. The highest BCUT2D eigenvalue weighted by Crippen LogP contribution is 2.43. The maximum absolute atomic E-state index is 5.28. The van der Waals surface area contributed by atoms with Gasteiger partial charge in [-0.25, -0.2) is 15.0 Å². The molecule has 3 aromatic heterocycles. The van der Waals surface area contributed by atoms with Crippen LogP contribution in [0.25, 0.3) is 117 Å². The Hall–Kier alpha value is -8.47. The minimum atomic E-state index is 0.709. The third-order valence-corrected chi connectivity index (χ3v) is 12.2. The Morgan fingerprint density at radius 2 is 0.857 bits per heavy atom. The molecule has 0 atom stereocenters. The van der Waals surface area contributed by atoms with Crippen LogP contribution in [0.2, 0.25) is 0 Å². The van der Waals surface area contributed by atoms with Crippen LogP contribution in [0.4, 0.5) is 0 Å². The zero-order valence-electron chi connectivity index (χ0n) is 34.2. The molecule has 9 aromatic carbocycles. The number of hydrogen-bond donors (Lipinski definition) is 0. The fourth-order valence-electron chi connectivity index (χ4n) is 9.17. The van der Waals surface area contributed by atoms with Gasteiger partial charge in [0.05, 0.1) is 33.6 Å². The van der Waals surface area contributed by atoms with Crippen molar-refractivity contribution in [2.75, 3.05) is 0 Å². The highest BCUT2D eigenvalue weighted by Gasteiger charge is 2.20. The molecule has 0 radical (unpaired) electrons. The van der Waals surface area contributed by atoms with E-state index in [9.17, 15) is 0 Å². The second kappa shape index (κ2) is 15.2. The number of nitrogens with zero attached hydrogens (tertiary/aromatic N) is 4. The third kappa shape index (κ3) is 6.44. The molecule has 0 bridgehead atoms. The van der Waals surface area contributed by atoms with E-state index in [1.165, 1.54) is 27.2 Å². The van der Waals surface area contributed by atoms with Crippen molar-refractivity contribution in [3.63, 3.8) is 0 Å². The monoisotopic (exact) mass is 802 g/mol. The SMILES string of the molecule is c1ccc(-c2cc(-c3ccc(-c4cccc(-c5cccc6c7cc8c(cc7n(-c7ccccc7)c56)c(-c5ccccc5)nc5ccccc58)c4)cc3)nc(-c3ccccc3)n2)cc1. The van der Waals surface area contributed by atoms with Gasteiger partial charge in [0.15, 0.2) is 5.82 Å². The van der Waals surface area contributed by atoms with Gasteiger partial charge >= 0.3 is 0 Å². The van der Waals surface area contributed by atoms with Gasteiger partial charge in [0.25, 0.3) is 0 Å². The molecular weight excluding hydrogens is 765 g/mol. The van der Waals surface area contributed by atoms with Crippen molar-refractivity contribution < 1.29 is 0 Å². The van der Waals surface area contributed by atoms with Gasteiger partial charge in [0.2, 0.25) is 0 Å². The molecule has 63 heavy (non-hydrogen) atoms. The van der Waals surface area contributed by atoms with E-state index in [-0.39, 0.29) is 0 Å². The predicted octanol–water partition coefficient (Wildman–Crippen LogP) is 15.3. The van der Waals surface area contributed by atoms with E-state index >= 15 is 0 Å². The Morgan fingerprint density at radius 3 is 1.59 bits per heavy atom. The molecule has 0 fully saturated rings. The summed E-state index contributed by atoms with van der Waals surface area (Å²) in [6.45, 7) is 0. The Labute approximate surface area is 365 Å². The Bertz CT molecular complexity index is 3580. The van der Waals surface area contributed by atoms with Crippen molar-refractivity contribution >= 4 is 43.5 Å². The quantitative estimate of drug-likeness (QED) is 0.151. The lowest BCUT2D eigenvalue weighted by atomic mass is 9.96. The van der Waals surface area contributed by atoms with Crippen LogP contribution in [-0.2, 0) is 0 Å². The number of benzene rings is 9.